The molecule has 1 rings (SSSR count). The van der Waals surface area contributed by atoms with Gasteiger partial charge in [0.1, 0.15) is 5.54 Å². The van der Waals surface area contributed by atoms with Gasteiger partial charge in [-0.3, -0.25) is 4.79 Å². The molecule has 0 aromatic rings. The lowest BCUT2D eigenvalue weighted by Crippen LogP contribution is -2.49. The van der Waals surface area contributed by atoms with Crippen molar-refractivity contribution in [2.75, 3.05) is 13.7 Å². The van der Waals surface area contributed by atoms with E-state index in [1.54, 1.807) is 0 Å². The molecule has 0 bridgehead atoms. The number of nitrogens with one attached hydrogen (secondary N) is 1. The Morgan fingerprint density at radius 1 is 1.42 bits per heavy atom. The fourth-order valence-electron chi connectivity index (χ4n) is 1.63. The molecule has 0 saturated carbocycles. The minimum atomic E-state index is -0.439. The molecule has 1 heterocycles. The van der Waals surface area contributed by atoms with E-state index in [1.165, 1.54) is 13.5 Å². The molecule has 1 unspecified atom stereocenters. The molecular weight excluding hydrogens is 154 g/mol. The number of esters is 1. The SMILES string of the molecule is COC(=O)C1(C)CCCCCN1. The quantitative estimate of drug-likeness (QED) is 0.600. The number of rotatable bonds is 1. The first-order chi connectivity index (χ1) is 5.69. The maximum atomic E-state index is 11.4. The number of carbonyl (C=O) groups is 1. The average molecular weight is 171 g/mol. The lowest BCUT2D eigenvalue weighted by atomic mass is 9.96. The summed E-state index contributed by atoms with van der Waals surface area (Å²) in [6, 6.07) is 0. The second kappa shape index (κ2) is 3.90. The molecule has 1 aliphatic rings. The molecule has 70 valence electrons. The van der Waals surface area contributed by atoms with Crippen molar-refractivity contribution in [1.29, 1.82) is 0 Å². The molecule has 1 N–H and O–H groups in total. The molecule has 1 saturated heterocycles. The molecule has 0 aromatic heterocycles. The number of methoxy groups -OCH3 is 1. The largest absolute Gasteiger partial charge is 0.468 e. The van der Waals surface area contributed by atoms with E-state index in [2.05, 4.69) is 5.32 Å². The van der Waals surface area contributed by atoms with E-state index < -0.39 is 5.54 Å². The minimum absolute atomic E-state index is 0.135. The summed E-state index contributed by atoms with van der Waals surface area (Å²) in [4.78, 5) is 11.4. The van der Waals surface area contributed by atoms with Crippen LogP contribution in [0.25, 0.3) is 0 Å². The highest BCUT2D eigenvalue weighted by Gasteiger charge is 2.33. The van der Waals surface area contributed by atoms with Crippen LogP contribution in [0.15, 0.2) is 0 Å². The molecule has 0 spiro atoms. The van der Waals surface area contributed by atoms with Crippen LogP contribution in [-0.2, 0) is 9.53 Å². The molecule has 0 aromatic carbocycles. The Kier molecular flexibility index (Phi) is 3.09. The number of hydrogen-bond acceptors (Lipinski definition) is 3. The standard InChI is InChI=1S/C9H17NO2/c1-9(8(11)12-2)6-4-3-5-7-10-9/h10H,3-7H2,1-2H3. The maximum absolute atomic E-state index is 11.4. The van der Waals surface area contributed by atoms with Crippen LogP contribution in [0.3, 0.4) is 0 Å². The van der Waals surface area contributed by atoms with E-state index in [0.717, 1.165) is 25.8 Å². The van der Waals surface area contributed by atoms with E-state index in [0.29, 0.717) is 0 Å². The molecule has 0 aliphatic carbocycles. The molecule has 0 radical (unpaired) electrons. The fraction of sp³-hybridized carbons (Fsp3) is 0.889. The van der Waals surface area contributed by atoms with Crippen LogP contribution >= 0.6 is 0 Å². The predicted molar refractivity (Wildman–Crippen MR) is 46.9 cm³/mol. The molecular formula is C9H17NO2. The molecule has 12 heavy (non-hydrogen) atoms. The summed E-state index contributed by atoms with van der Waals surface area (Å²) in [5.74, 6) is -0.135. The second-order valence-corrected chi connectivity index (χ2v) is 3.56. The van der Waals surface area contributed by atoms with Crippen molar-refractivity contribution >= 4 is 5.97 Å². The van der Waals surface area contributed by atoms with Crippen LogP contribution in [0, 0.1) is 0 Å². The Morgan fingerprint density at radius 3 is 2.83 bits per heavy atom. The Morgan fingerprint density at radius 2 is 2.17 bits per heavy atom. The van der Waals surface area contributed by atoms with Gasteiger partial charge in [0.2, 0.25) is 0 Å². The van der Waals surface area contributed by atoms with Crippen molar-refractivity contribution < 1.29 is 9.53 Å². The lowest BCUT2D eigenvalue weighted by Gasteiger charge is -2.25. The van der Waals surface area contributed by atoms with Crippen molar-refractivity contribution in [1.82, 2.24) is 5.32 Å². The van der Waals surface area contributed by atoms with Gasteiger partial charge in [-0.25, -0.2) is 0 Å². The summed E-state index contributed by atoms with van der Waals surface area (Å²) >= 11 is 0. The van der Waals surface area contributed by atoms with E-state index >= 15 is 0 Å². The van der Waals surface area contributed by atoms with Crippen molar-refractivity contribution in [3.05, 3.63) is 0 Å². The van der Waals surface area contributed by atoms with Gasteiger partial charge in [-0.1, -0.05) is 12.8 Å². The summed E-state index contributed by atoms with van der Waals surface area (Å²) in [6.45, 7) is 2.84. The van der Waals surface area contributed by atoms with Gasteiger partial charge in [0.15, 0.2) is 0 Å². The van der Waals surface area contributed by atoms with Crippen molar-refractivity contribution in [3.8, 4) is 0 Å². The van der Waals surface area contributed by atoms with Crippen LogP contribution in [0.2, 0.25) is 0 Å². The first-order valence-corrected chi connectivity index (χ1v) is 4.52. The zero-order valence-corrected chi connectivity index (χ0v) is 7.85. The predicted octanol–water partition coefficient (Wildman–Crippen LogP) is 1.08. The summed E-state index contributed by atoms with van der Waals surface area (Å²) in [5.41, 5.74) is -0.439. The van der Waals surface area contributed by atoms with Gasteiger partial charge in [0, 0.05) is 0 Å². The third-order valence-corrected chi connectivity index (χ3v) is 2.50. The third kappa shape index (κ3) is 1.97. The van der Waals surface area contributed by atoms with Gasteiger partial charge < -0.3 is 10.1 Å². The summed E-state index contributed by atoms with van der Waals surface area (Å²) in [6.07, 6.45) is 4.37. The van der Waals surface area contributed by atoms with Crippen LogP contribution in [-0.4, -0.2) is 25.2 Å². The van der Waals surface area contributed by atoms with Crippen LogP contribution in [0.4, 0.5) is 0 Å². The van der Waals surface area contributed by atoms with Gasteiger partial charge in [0.05, 0.1) is 7.11 Å². The zero-order valence-electron chi connectivity index (χ0n) is 7.85. The molecule has 0 amide bonds. The second-order valence-electron chi connectivity index (χ2n) is 3.56. The highest BCUT2D eigenvalue weighted by Crippen LogP contribution is 2.19. The summed E-state index contributed by atoms with van der Waals surface area (Å²) in [7, 11) is 1.44. The van der Waals surface area contributed by atoms with E-state index in [9.17, 15) is 4.79 Å². The molecule has 1 fully saturated rings. The zero-order chi connectivity index (χ0) is 9.03. The normalized spacial score (nSPS) is 30.8. The van der Waals surface area contributed by atoms with Crippen molar-refractivity contribution in [3.63, 3.8) is 0 Å². The Balaban J connectivity index is 2.59. The topological polar surface area (TPSA) is 38.3 Å². The van der Waals surface area contributed by atoms with E-state index in [-0.39, 0.29) is 5.97 Å². The Labute approximate surface area is 73.5 Å². The first kappa shape index (κ1) is 9.52. The fourth-order valence-corrected chi connectivity index (χ4v) is 1.63. The maximum Gasteiger partial charge on any atom is 0.325 e. The minimum Gasteiger partial charge on any atom is -0.468 e. The van der Waals surface area contributed by atoms with E-state index in [1.807, 2.05) is 6.92 Å². The van der Waals surface area contributed by atoms with Crippen molar-refractivity contribution in [2.45, 2.75) is 38.1 Å². The van der Waals surface area contributed by atoms with Crippen molar-refractivity contribution in [2.24, 2.45) is 0 Å². The van der Waals surface area contributed by atoms with Gasteiger partial charge in [0.25, 0.3) is 0 Å². The Bertz CT molecular complexity index is 160. The molecule has 1 aliphatic heterocycles. The Hall–Kier alpha value is -0.570. The number of ether oxygens (including phenoxy) is 1. The highest BCUT2D eigenvalue weighted by atomic mass is 16.5. The van der Waals surface area contributed by atoms with Gasteiger partial charge in [-0.2, -0.15) is 0 Å². The molecule has 3 nitrogen and oxygen atoms in total. The first-order valence-electron chi connectivity index (χ1n) is 4.52. The highest BCUT2D eigenvalue weighted by molar-refractivity contribution is 5.80. The lowest BCUT2D eigenvalue weighted by molar-refractivity contribution is -0.148. The number of carbonyl (C=O) groups excluding carboxylic acids is 1. The molecule has 3 heteroatoms. The van der Waals surface area contributed by atoms with E-state index in [4.69, 9.17) is 4.74 Å². The van der Waals surface area contributed by atoms with Gasteiger partial charge in [-0.05, 0) is 26.3 Å². The van der Waals surface area contributed by atoms with Crippen LogP contribution in [0.1, 0.15) is 32.6 Å². The summed E-state index contributed by atoms with van der Waals surface area (Å²) in [5, 5.41) is 3.23. The monoisotopic (exact) mass is 171 g/mol. The van der Waals surface area contributed by atoms with Crippen LogP contribution < -0.4 is 5.32 Å². The smallest absolute Gasteiger partial charge is 0.325 e. The number of hydrogen-bond donors (Lipinski definition) is 1. The average Bonchev–Trinajstić information content (AvgIpc) is 2.29. The van der Waals surface area contributed by atoms with Gasteiger partial charge in [-0.15, -0.1) is 0 Å². The van der Waals surface area contributed by atoms with Crippen LogP contribution in [0.5, 0.6) is 0 Å². The molecule has 1 atom stereocenters. The van der Waals surface area contributed by atoms with Gasteiger partial charge >= 0.3 is 5.97 Å². The third-order valence-electron chi connectivity index (χ3n) is 2.50. The summed E-state index contributed by atoms with van der Waals surface area (Å²) < 4.78 is 4.75.